The first-order valence-electron chi connectivity index (χ1n) is 3.79. The highest BCUT2D eigenvalue weighted by Gasteiger charge is 2.00. The third kappa shape index (κ3) is 1.90. The van der Waals surface area contributed by atoms with Gasteiger partial charge in [0.25, 0.3) is 0 Å². The standard InChI is InChI=1S/C10H13N/c1-4-9(3)10-7-8(2)5-6-11-10/h4-7,9H,1H2,2-3H3. The molecule has 1 atom stereocenters. The topological polar surface area (TPSA) is 12.9 Å². The minimum atomic E-state index is 0.356. The van der Waals surface area contributed by atoms with E-state index in [1.54, 1.807) is 0 Å². The third-order valence-corrected chi connectivity index (χ3v) is 1.76. The maximum absolute atomic E-state index is 4.24. The number of pyridine rings is 1. The Morgan fingerprint density at radius 1 is 1.64 bits per heavy atom. The van der Waals surface area contributed by atoms with Gasteiger partial charge in [-0.25, -0.2) is 0 Å². The molecule has 0 amide bonds. The highest BCUT2D eigenvalue weighted by molar-refractivity contribution is 5.19. The van der Waals surface area contributed by atoms with Crippen LogP contribution in [0.25, 0.3) is 0 Å². The van der Waals surface area contributed by atoms with Crippen molar-refractivity contribution in [3.05, 3.63) is 42.2 Å². The van der Waals surface area contributed by atoms with Crippen molar-refractivity contribution in [1.82, 2.24) is 4.98 Å². The average molecular weight is 147 g/mol. The molecule has 1 aromatic heterocycles. The van der Waals surface area contributed by atoms with Crippen LogP contribution < -0.4 is 0 Å². The third-order valence-electron chi connectivity index (χ3n) is 1.76. The Hall–Kier alpha value is -1.11. The summed E-state index contributed by atoms with van der Waals surface area (Å²) in [5.74, 6) is 0.356. The summed E-state index contributed by atoms with van der Waals surface area (Å²) in [6, 6.07) is 4.09. The first kappa shape index (κ1) is 7.99. The van der Waals surface area contributed by atoms with Gasteiger partial charge in [0.1, 0.15) is 0 Å². The van der Waals surface area contributed by atoms with Crippen molar-refractivity contribution in [2.24, 2.45) is 0 Å². The quantitative estimate of drug-likeness (QED) is 0.586. The van der Waals surface area contributed by atoms with Crippen molar-refractivity contribution in [3.8, 4) is 0 Å². The van der Waals surface area contributed by atoms with Crippen LogP contribution in [0.15, 0.2) is 31.0 Å². The SMILES string of the molecule is C=CC(C)c1cc(C)ccn1. The van der Waals surface area contributed by atoms with Gasteiger partial charge in [-0.1, -0.05) is 13.0 Å². The van der Waals surface area contributed by atoms with Crippen LogP contribution in [0.1, 0.15) is 24.1 Å². The summed E-state index contributed by atoms with van der Waals surface area (Å²) >= 11 is 0. The highest BCUT2D eigenvalue weighted by atomic mass is 14.7. The lowest BCUT2D eigenvalue weighted by Gasteiger charge is -2.04. The molecule has 1 heteroatoms. The fourth-order valence-corrected chi connectivity index (χ4v) is 0.929. The van der Waals surface area contributed by atoms with Crippen molar-refractivity contribution >= 4 is 0 Å². The molecule has 0 aliphatic rings. The van der Waals surface area contributed by atoms with Crippen LogP contribution in [0, 0.1) is 6.92 Å². The molecule has 0 aliphatic heterocycles. The number of rotatable bonds is 2. The maximum Gasteiger partial charge on any atom is 0.0471 e. The number of aryl methyl sites for hydroxylation is 1. The Bertz CT molecular complexity index is 253. The van der Waals surface area contributed by atoms with Crippen molar-refractivity contribution in [2.75, 3.05) is 0 Å². The van der Waals surface area contributed by atoms with Gasteiger partial charge in [-0.05, 0) is 24.6 Å². The number of aromatic nitrogens is 1. The Morgan fingerprint density at radius 3 is 2.91 bits per heavy atom. The van der Waals surface area contributed by atoms with E-state index in [1.165, 1.54) is 5.56 Å². The van der Waals surface area contributed by atoms with Crippen LogP contribution in [0.3, 0.4) is 0 Å². The van der Waals surface area contributed by atoms with Crippen LogP contribution in [-0.4, -0.2) is 4.98 Å². The molecule has 58 valence electrons. The fourth-order valence-electron chi connectivity index (χ4n) is 0.929. The predicted molar refractivity (Wildman–Crippen MR) is 47.6 cm³/mol. The van der Waals surface area contributed by atoms with E-state index in [0.717, 1.165) is 5.69 Å². The molecule has 1 rings (SSSR count). The Morgan fingerprint density at radius 2 is 2.36 bits per heavy atom. The molecule has 0 fully saturated rings. The predicted octanol–water partition coefficient (Wildman–Crippen LogP) is 2.68. The summed E-state index contributed by atoms with van der Waals surface area (Å²) in [4.78, 5) is 4.24. The monoisotopic (exact) mass is 147 g/mol. The Balaban J connectivity index is 2.95. The van der Waals surface area contributed by atoms with Crippen LogP contribution in [0.4, 0.5) is 0 Å². The number of hydrogen-bond acceptors (Lipinski definition) is 1. The van der Waals surface area contributed by atoms with Gasteiger partial charge in [0, 0.05) is 17.8 Å². The van der Waals surface area contributed by atoms with Crippen molar-refractivity contribution in [2.45, 2.75) is 19.8 Å². The van der Waals surface area contributed by atoms with E-state index >= 15 is 0 Å². The van der Waals surface area contributed by atoms with E-state index in [0.29, 0.717) is 5.92 Å². The smallest absolute Gasteiger partial charge is 0.0471 e. The van der Waals surface area contributed by atoms with Gasteiger partial charge in [0.2, 0.25) is 0 Å². The number of allylic oxidation sites excluding steroid dienone is 1. The molecular weight excluding hydrogens is 134 g/mol. The van der Waals surface area contributed by atoms with E-state index < -0.39 is 0 Å². The minimum absolute atomic E-state index is 0.356. The van der Waals surface area contributed by atoms with Crippen LogP contribution in [0.5, 0.6) is 0 Å². The zero-order valence-electron chi connectivity index (χ0n) is 7.04. The zero-order chi connectivity index (χ0) is 8.27. The van der Waals surface area contributed by atoms with Crippen LogP contribution in [0.2, 0.25) is 0 Å². The Labute approximate surface area is 67.8 Å². The minimum Gasteiger partial charge on any atom is -0.261 e. The molecule has 1 unspecified atom stereocenters. The van der Waals surface area contributed by atoms with E-state index in [4.69, 9.17) is 0 Å². The molecule has 1 heterocycles. The lowest BCUT2D eigenvalue weighted by atomic mass is 10.1. The summed E-state index contributed by atoms with van der Waals surface area (Å²) in [5, 5.41) is 0. The second-order valence-corrected chi connectivity index (χ2v) is 2.78. The van der Waals surface area contributed by atoms with E-state index in [1.807, 2.05) is 18.3 Å². The van der Waals surface area contributed by atoms with E-state index in [2.05, 4.69) is 31.5 Å². The highest BCUT2D eigenvalue weighted by Crippen LogP contribution is 2.13. The summed E-state index contributed by atoms with van der Waals surface area (Å²) in [5.41, 5.74) is 2.35. The summed E-state index contributed by atoms with van der Waals surface area (Å²) in [6.45, 7) is 7.89. The second kappa shape index (κ2) is 3.33. The zero-order valence-corrected chi connectivity index (χ0v) is 7.04. The van der Waals surface area contributed by atoms with Crippen molar-refractivity contribution < 1.29 is 0 Å². The Kier molecular flexibility index (Phi) is 2.42. The molecule has 0 saturated heterocycles. The van der Waals surface area contributed by atoms with Gasteiger partial charge < -0.3 is 0 Å². The second-order valence-electron chi connectivity index (χ2n) is 2.78. The number of nitrogens with zero attached hydrogens (tertiary/aromatic N) is 1. The molecule has 1 nitrogen and oxygen atoms in total. The molecular formula is C10H13N. The first-order valence-corrected chi connectivity index (χ1v) is 3.79. The summed E-state index contributed by atoms with van der Waals surface area (Å²) < 4.78 is 0. The summed E-state index contributed by atoms with van der Waals surface area (Å²) in [6.07, 6.45) is 3.74. The maximum atomic E-state index is 4.24. The van der Waals surface area contributed by atoms with Gasteiger partial charge in [-0.3, -0.25) is 4.98 Å². The molecule has 0 spiro atoms. The van der Waals surface area contributed by atoms with Crippen LogP contribution in [-0.2, 0) is 0 Å². The first-order chi connectivity index (χ1) is 5.24. The fraction of sp³-hybridized carbons (Fsp3) is 0.300. The van der Waals surface area contributed by atoms with Crippen LogP contribution >= 0.6 is 0 Å². The normalized spacial score (nSPS) is 12.5. The molecule has 1 aromatic rings. The average Bonchev–Trinajstić information content (AvgIpc) is 2.03. The lowest BCUT2D eigenvalue weighted by molar-refractivity contribution is 0.905. The van der Waals surface area contributed by atoms with Gasteiger partial charge >= 0.3 is 0 Å². The van der Waals surface area contributed by atoms with Gasteiger partial charge in [0.05, 0.1) is 0 Å². The molecule has 11 heavy (non-hydrogen) atoms. The van der Waals surface area contributed by atoms with Gasteiger partial charge in [-0.15, -0.1) is 6.58 Å². The summed E-state index contributed by atoms with van der Waals surface area (Å²) in [7, 11) is 0. The lowest BCUT2D eigenvalue weighted by Crippen LogP contribution is -1.92. The van der Waals surface area contributed by atoms with E-state index in [-0.39, 0.29) is 0 Å². The number of hydrogen-bond donors (Lipinski definition) is 0. The van der Waals surface area contributed by atoms with Crippen molar-refractivity contribution in [3.63, 3.8) is 0 Å². The van der Waals surface area contributed by atoms with E-state index in [9.17, 15) is 0 Å². The molecule has 0 radical (unpaired) electrons. The largest absolute Gasteiger partial charge is 0.261 e. The molecule has 0 saturated carbocycles. The molecule has 0 aromatic carbocycles. The molecule has 0 bridgehead atoms. The van der Waals surface area contributed by atoms with Crippen molar-refractivity contribution in [1.29, 1.82) is 0 Å². The van der Waals surface area contributed by atoms with Gasteiger partial charge in [0.15, 0.2) is 0 Å². The molecule has 0 N–H and O–H groups in total. The molecule has 0 aliphatic carbocycles. The van der Waals surface area contributed by atoms with Gasteiger partial charge in [-0.2, -0.15) is 0 Å².